The molecule has 5 rings (SSSR count). The van der Waals surface area contributed by atoms with Crippen molar-refractivity contribution in [3.05, 3.63) is 24.7 Å². The van der Waals surface area contributed by atoms with Crippen LogP contribution in [0.1, 0.15) is 6.42 Å². The molecule has 0 radical (unpaired) electrons. The highest BCUT2D eigenvalue weighted by atomic mass is 32.1. The Kier molecular flexibility index (Phi) is 4.03. The maximum Gasteiger partial charge on any atom is 0.188 e. The van der Waals surface area contributed by atoms with Crippen molar-refractivity contribution in [3.63, 3.8) is 0 Å². The molecule has 10 heteroatoms. The molecule has 1 aliphatic heterocycles. The first-order chi connectivity index (χ1) is 13.2. The third-order valence-electron chi connectivity index (χ3n) is 4.75. The molecular formula is C17H17N7OS2. The molecule has 5 heterocycles. The molecule has 0 bridgehead atoms. The van der Waals surface area contributed by atoms with E-state index in [2.05, 4.69) is 37.4 Å². The van der Waals surface area contributed by atoms with Gasteiger partial charge in [-0.2, -0.15) is 5.10 Å². The lowest BCUT2D eigenvalue weighted by molar-refractivity contribution is 0.475. The molecule has 4 aromatic rings. The first-order valence-electron chi connectivity index (χ1n) is 8.58. The van der Waals surface area contributed by atoms with E-state index in [1.165, 1.54) is 11.3 Å². The van der Waals surface area contributed by atoms with Crippen molar-refractivity contribution < 1.29 is 5.11 Å². The minimum atomic E-state index is 0.101. The Morgan fingerprint density at radius 2 is 2.07 bits per heavy atom. The van der Waals surface area contributed by atoms with Crippen molar-refractivity contribution in [1.29, 1.82) is 0 Å². The van der Waals surface area contributed by atoms with Gasteiger partial charge in [-0.25, -0.2) is 15.0 Å². The number of aromatic nitrogens is 5. The van der Waals surface area contributed by atoms with Gasteiger partial charge in [0.1, 0.15) is 16.5 Å². The van der Waals surface area contributed by atoms with Gasteiger partial charge in [-0.1, -0.05) is 22.7 Å². The summed E-state index contributed by atoms with van der Waals surface area (Å²) in [6.07, 6.45) is 6.30. The summed E-state index contributed by atoms with van der Waals surface area (Å²) >= 11 is 3.03. The van der Waals surface area contributed by atoms with Gasteiger partial charge in [0.2, 0.25) is 0 Å². The Bertz CT molecular complexity index is 1050. The largest absolute Gasteiger partial charge is 0.506 e. The molecule has 0 amide bonds. The third kappa shape index (κ3) is 2.95. The molecule has 0 aromatic carbocycles. The lowest BCUT2D eigenvalue weighted by atomic mass is 10.1. The van der Waals surface area contributed by atoms with Crippen LogP contribution in [0.4, 0.5) is 5.13 Å². The molecule has 4 aromatic heterocycles. The summed E-state index contributed by atoms with van der Waals surface area (Å²) in [4.78, 5) is 17.8. The fraction of sp³-hybridized carbons (Fsp3) is 0.294. The van der Waals surface area contributed by atoms with Crippen LogP contribution in [0.25, 0.3) is 31.5 Å². The van der Waals surface area contributed by atoms with Crippen molar-refractivity contribution >= 4 is 37.5 Å². The van der Waals surface area contributed by atoms with E-state index in [1.807, 2.05) is 0 Å². The predicted molar refractivity (Wildman–Crippen MR) is 107 cm³/mol. The lowest BCUT2D eigenvalue weighted by Crippen LogP contribution is -2.33. The summed E-state index contributed by atoms with van der Waals surface area (Å²) in [6.45, 7) is 2.04. The second kappa shape index (κ2) is 6.55. The first-order valence-corrected chi connectivity index (χ1v) is 10.2. The zero-order chi connectivity index (χ0) is 18.4. The molecule has 1 saturated heterocycles. The normalized spacial score (nSPS) is 17.0. The highest BCUT2D eigenvalue weighted by Gasteiger charge is 2.23. The molecule has 0 spiro atoms. The fourth-order valence-corrected chi connectivity index (χ4v) is 5.27. The minimum Gasteiger partial charge on any atom is -0.506 e. The summed E-state index contributed by atoms with van der Waals surface area (Å²) in [6, 6.07) is 2.16. The zero-order valence-electron chi connectivity index (χ0n) is 14.5. The van der Waals surface area contributed by atoms with Gasteiger partial charge < -0.3 is 15.3 Å². The van der Waals surface area contributed by atoms with E-state index < -0.39 is 0 Å². The molecule has 3 N–H and O–H groups in total. The van der Waals surface area contributed by atoms with Crippen LogP contribution in [0.15, 0.2) is 24.7 Å². The quantitative estimate of drug-likeness (QED) is 0.485. The maximum atomic E-state index is 10.4. The zero-order valence-corrected chi connectivity index (χ0v) is 16.1. The molecule has 8 nitrogen and oxygen atoms in total. The van der Waals surface area contributed by atoms with Gasteiger partial charge in [-0.3, -0.25) is 5.10 Å². The molecule has 0 saturated carbocycles. The number of likely N-dealkylation sites (N-methyl/N-ethyl adjacent to an activating group) is 1. The number of nitrogens with zero attached hydrogens (tertiary/aromatic N) is 5. The van der Waals surface area contributed by atoms with Crippen LogP contribution in [-0.2, 0) is 0 Å². The Morgan fingerprint density at radius 3 is 2.78 bits per heavy atom. The molecule has 0 aliphatic carbocycles. The number of rotatable bonds is 4. The Morgan fingerprint density at radius 1 is 1.19 bits per heavy atom. The van der Waals surface area contributed by atoms with E-state index in [9.17, 15) is 5.11 Å². The maximum absolute atomic E-state index is 10.4. The van der Waals surface area contributed by atoms with Crippen LogP contribution < -0.4 is 10.2 Å². The summed E-state index contributed by atoms with van der Waals surface area (Å²) in [7, 11) is 2.09. The smallest absolute Gasteiger partial charge is 0.188 e. The standard InChI is InChI=1S/C17H17N7OS2/c1-24(11-2-3-18-8-11)17-23-16-15(27-17)22-14(26-16)13-12(25)4-9(5-19-13)10-6-20-21-7-10/h4-7,11,18,25H,2-3,8H2,1H3,(H,20,21)/t11-/m1/s1. The van der Waals surface area contributed by atoms with E-state index in [-0.39, 0.29) is 5.75 Å². The fourth-order valence-electron chi connectivity index (χ4n) is 3.19. The number of nitrogens with one attached hydrogen (secondary N) is 2. The summed E-state index contributed by atoms with van der Waals surface area (Å²) in [5, 5.41) is 22.2. The van der Waals surface area contributed by atoms with Crippen LogP contribution in [0.5, 0.6) is 5.75 Å². The van der Waals surface area contributed by atoms with E-state index in [0.29, 0.717) is 16.7 Å². The number of aromatic amines is 1. The average Bonchev–Trinajstić information content (AvgIpc) is 3.45. The van der Waals surface area contributed by atoms with Crippen LogP contribution in [0.2, 0.25) is 0 Å². The molecule has 27 heavy (non-hydrogen) atoms. The highest BCUT2D eigenvalue weighted by molar-refractivity contribution is 7.29. The van der Waals surface area contributed by atoms with Gasteiger partial charge in [0.15, 0.2) is 14.8 Å². The van der Waals surface area contributed by atoms with Crippen LogP contribution in [0, 0.1) is 0 Å². The molecule has 1 atom stereocenters. The Balaban J connectivity index is 1.44. The molecule has 1 fully saturated rings. The van der Waals surface area contributed by atoms with Crippen LogP contribution in [0.3, 0.4) is 0 Å². The summed E-state index contributed by atoms with van der Waals surface area (Å²) in [5.74, 6) is 0.101. The summed E-state index contributed by atoms with van der Waals surface area (Å²) < 4.78 is 0. The highest BCUT2D eigenvalue weighted by Crippen LogP contribution is 2.39. The Labute approximate surface area is 162 Å². The first kappa shape index (κ1) is 16.6. The van der Waals surface area contributed by atoms with Crippen molar-refractivity contribution in [2.45, 2.75) is 12.5 Å². The Hall–Kier alpha value is -2.56. The van der Waals surface area contributed by atoms with E-state index in [4.69, 9.17) is 4.98 Å². The minimum absolute atomic E-state index is 0.101. The third-order valence-corrected chi connectivity index (χ3v) is 6.88. The second-order valence-electron chi connectivity index (χ2n) is 6.46. The molecule has 0 unspecified atom stereocenters. The average molecular weight is 400 g/mol. The van der Waals surface area contributed by atoms with Crippen molar-refractivity contribution in [2.75, 3.05) is 25.0 Å². The van der Waals surface area contributed by atoms with Gasteiger partial charge in [-0.05, 0) is 19.0 Å². The van der Waals surface area contributed by atoms with E-state index >= 15 is 0 Å². The topological polar surface area (TPSA) is 103 Å². The molecule has 138 valence electrons. The van der Waals surface area contributed by atoms with Gasteiger partial charge in [0.05, 0.1) is 6.20 Å². The second-order valence-corrected chi connectivity index (χ2v) is 8.40. The number of H-pyrrole nitrogens is 1. The van der Waals surface area contributed by atoms with Crippen molar-refractivity contribution in [3.8, 4) is 27.6 Å². The number of hydrogen-bond acceptors (Lipinski definition) is 9. The molecular weight excluding hydrogens is 382 g/mol. The van der Waals surface area contributed by atoms with Crippen molar-refractivity contribution in [2.24, 2.45) is 0 Å². The van der Waals surface area contributed by atoms with Gasteiger partial charge in [0, 0.05) is 43.2 Å². The number of anilines is 1. The van der Waals surface area contributed by atoms with Crippen molar-refractivity contribution in [1.82, 2.24) is 30.5 Å². The van der Waals surface area contributed by atoms with Crippen LogP contribution in [-0.4, -0.2) is 56.4 Å². The van der Waals surface area contributed by atoms with Gasteiger partial charge in [-0.15, -0.1) is 0 Å². The number of pyridine rings is 1. The number of hydrogen-bond donors (Lipinski definition) is 3. The van der Waals surface area contributed by atoms with Gasteiger partial charge >= 0.3 is 0 Å². The SMILES string of the molecule is CN(c1nc2sc(-c3ncc(-c4cn[nH]c4)cc3O)nc2s1)[C@@H]1CCNC1. The summed E-state index contributed by atoms with van der Waals surface area (Å²) in [5.41, 5.74) is 2.16. The number of aromatic hydroxyl groups is 1. The van der Waals surface area contributed by atoms with Crippen LogP contribution >= 0.6 is 22.7 Å². The lowest BCUT2D eigenvalue weighted by Gasteiger charge is -2.22. The molecule has 1 aliphatic rings. The predicted octanol–water partition coefficient (Wildman–Crippen LogP) is 2.71. The van der Waals surface area contributed by atoms with E-state index in [1.54, 1.807) is 36.0 Å². The number of fused-ring (bicyclic) bond motifs is 1. The van der Waals surface area contributed by atoms with E-state index in [0.717, 1.165) is 45.4 Å². The monoisotopic (exact) mass is 399 g/mol. The number of thiazole rings is 2. The van der Waals surface area contributed by atoms with Gasteiger partial charge in [0.25, 0.3) is 0 Å².